The number of halogens is 2. The summed E-state index contributed by atoms with van der Waals surface area (Å²) in [6.45, 7) is -0.624. The average molecular weight is 470 g/mol. The van der Waals surface area contributed by atoms with E-state index in [9.17, 15) is 22.0 Å². The average Bonchev–Trinajstić information content (AvgIpc) is 2.78. The highest BCUT2D eigenvalue weighted by Crippen LogP contribution is 2.26. The van der Waals surface area contributed by atoms with Gasteiger partial charge in [-0.1, -0.05) is 12.1 Å². The maximum absolute atomic E-state index is 13.0. The molecule has 1 aliphatic heterocycles. The highest BCUT2D eigenvalue weighted by atomic mass is 32.2. The lowest BCUT2D eigenvalue weighted by molar-refractivity contribution is -0.0498. The molecule has 32 heavy (non-hydrogen) atoms. The molecule has 174 valence electrons. The van der Waals surface area contributed by atoms with Crippen LogP contribution in [0.25, 0.3) is 0 Å². The number of hydrogen-bond acceptors (Lipinski definition) is 6. The number of alkyl halides is 2. The van der Waals surface area contributed by atoms with Gasteiger partial charge in [0.25, 0.3) is 5.91 Å². The van der Waals surface area contributed by atoms with Gasteiger partial charge in [-0.15, -0.1) is 0 Å². The normalized spacial score (nSPS) is 14.6. The summed E-state index contributed by atoms with van der Waals surface area (Å²) >= 11 is 0. The van der Waals surface area contributed by atoms with Crippen molar-refractivity contribution < 1.29 is 31.5 Å². The van der Waals surface area contributed by atoms with Gasteiger partial charge in [0.2, 0.25) is 10.0 Å². The van der Waals surface area contributed by atoms with E-state index in [0.717, 1.165) is 4.31 Å². The number of ether oxygens (including phenoxy) is 2. The first-order valence-corrected chi connectivity index (χ1v) is 11.3. The Morgan fingerprint density at radius 1 is 1.16 bits per heavy atom. The molecular formula is C21H25F2N3O5S. The fourth-order valence-electron chi connectivity index (χ4n) is 3.21. The molecule has 1 amide bonds. The van der Waals surface area contributed by atoms with Crippen molar-refractivity contribution in [3.05, 3.63) is 53.6 Å². The largest absolute Gasteiger partial charge is 0.435 e. The van der Waals surface area contributed by atoms with Crippen LogP contribution in [-0.2, 0) is 21.3 Å². The minimum atomic E-state index is -3.73. The van der Waals surface area contributed by atoms with Crippen molar-refractivity contribution in [3.8, 4) is 5.75 Å². The number of sulfonamides is 1. The molecule has 1 saturated heterocycles. The number of nitrogens with one attached hydrogen (secondary N) is 1. The Balaban J connectivity index is 1.83. The predicted molar refractivity (Wildman–Crippen MR) is 115 cm³/mol. The van der Waals surface area contributed by atoms with E-state index in [2.05, 4.69) is 10.1 Å². The number of morpholine rings is 1. The SMILES string of the molecule is CN(C)S(=O)(=O)c1ccc(N2CCOCC2)c(C(=O)NCc2ccc(OC(F)F)cc2)c1. The van der Waals surface area contributed by atoms with Crippen LogP contribution in [0.1, 0.15) is 15.9 Å². The summed E-state index contributed by atoms with van der Waals surface area (Å²) in [4.78, 5) is 15.0. The van der Waals surface area contributed by atoms with Gasteiger partial charge >= 0.3 is 6.61 Å². The Bertz CT molecular complexity index is 1040. The molecule has 0 atom stereocenters. The molecule has 1 aliphatic rings. The molecule has 11 heteroatoms. The second-order valence-electron chi connectivity index (χ2n) is 7.27. The lowest BCUT2D eigenvalue weighted by atomic mass is 10.1. The number of amides is 1. The van der Waals surface area contributed by atoms with Gasteiger partial charge in [0, 0.05) is 39.4 Å². The van der Waals surface area contributed by atoms with Crippen molar-refractivity contribution >= 4 is 21.6 Å². The minimum absolute atomic E-state index is 0.0122. The molecule has 0 aliphatic carbocycles. The quantitative estimate of drug-likeness (QED) is 0.639. The first-order valence-electron chi connectivity index (χ1n) is 9.89. The Morgan fingerprint density at radius 2 is 1.81 bits per heavy atom. The highest BCUT2D eigenvalue weighted by molar-refractivity contribution is 7.89. The Hall–Kier alpha value is -2.76. The zero-order valence-corrected chi connectivity index (χ0v) is 18.6. The van der Waals surface area contributed by atoms with E-state index >= 15 is 0 Å². The third kappa shape index (κ3) is 5.72. The van der Waals surface area contributed by atoms with Crippen molar-refractivity contribution in [2.75, 3.05) is 45.3 Å². The number of benzene rings is 2. The highest BCUT2D eigenvalue weighted by Gasteiger charge is 2.24. The topological polar surface area (TPSA) is 88.2 Å². The zero-order chi connectivity index (χ0) is 23.3. The first-order chi connectivity index (χ1) is 15.2. The Kier molecular flexibility index (Phi) is 7.64. The van der Waals surface area contributed by atoms with Gasteiger partial charge in [0.05, 0.1) is 23.7 Å². The third-order valence-corrected chi connectivity index (χ3v) is 6.76. The van der Waals surface area contributed by atoms with Crippen LogP contribution in [-0.4, -0.2) is 65.6 Å². The van der Waals surface area contributed by atoms with Crippen LogP contribution < -0.4 is 15.0 Å². The number of carbonyl (C=O) groups excluding carboxylic acids is 1. The summed E-state index contributed by atoms with van der Waals surface area (Å²) < 4.78 is 60.5. The molecule has 0 unspecified atom stereocenters. The lowest BCUT2D eigenvalue weighted by Crippen LogP contribution is -2.38. The zero-order valence-electron chi connectivity index (χ0n) is 17.8. The van der Waals surface area contributed by atoms with Gasteiger partial charge in [-0.3, -0.25) is 4.79 Å². The summed E-state index contributed by atoms with van der Waals surface area (Å²) in [5, 5.41) is 2.77. The van der Waals surface area contributed by atoms with Crippen molar-refractivity contribution in [1.29, 1.82) is 0 Å². The van der Waals surface area contributed by atoms with E-state index in [1.54, 1.807) is 18.2 Å². The second-order valence-corrected chi connectivity index (χ2v) is 9.42. The van der Waals surface area contributed by atoms with Crippen LogP contribution in [0.5, 0.6) is 5.75 Å². The van der Waals surface area contributed by atoms with Crippen molar-refractivity contribution in [3.63, 3.8) is 0 Å². The molecule has 8 nitrogen and oxygen atoms in total. The number of nitrogens with zero attached hydrogens (tertiary/aromatic N) is 2. The number of hydrogen-bond donors (Lipinski definition) is 1. The van der Waals surface area contributed by atoms with Crippen LogP contribution in [0.4, 0.5) is 14.5 Å². The second kappa shape index (κ2) is 10.2. The molecule has 2 aromatic rings. The summed E-state index contributed by atoms with van der Waals surface area (Å²) in [6.07, 6.45) is 0. The molecule has 0 bridgehead atoms. The number of carbonyl (C=O) groups is 1. The Labute approximate surface area is 185 Å². The monoisotopic (exact) mass is 469 g/mol. The van der Waals surface area contributed by atoms with E-state index < -0.39 is 22.5 Å². The predicted octanol–water partition coefficient (Wildman–Crippen LogP) is 2.30. The van der Waals surface area contributed by atoms with Crippen LogP contribution in [0.3, 0.4) is 0 Å². The first kappa shape index (κ1) is 23.9. The van der Waals surface area contributed by atoms with Gasteiger partial charge in [-0.25, -0.2) is 12.7 Å². The van der Waals surface area contributed by atoms with Gasteiger partial charge in [0.15, 0.2) is 0 Å². The van der Waals surface area contributed by atoms with Gasteiger partial charge < -0.3 is 19.7 Å². The summed E-state index contributed by atoms with van der Waals surface area (Å²) in [7, 11) is -0.881. The van der Waals surface area contributed by atoms with Gasteiger partial charge in [-0.2, -0.15) is 8.78 Å². The number of anilines is 1. The minimum Gasteiger partial charge on any atom is -0.435 e. The van der Waals surface area contributed by atoms with Gasteiger partial charge in [-0.05, 0) is 35.9 Å². The maximum atomic E-state index is 13.0. The van der Waals surface area contributed by atoms with Crippen LogP contribution >= 0.6 is 0 Å². The van der Waals surface area contributed by atoms with Crippen LogP contribution in [0.15, 0.2) is 47.4 Å². The standard InChI is InChI=1S/C21H25F2N3O5S/c1-25(2)32(28,29)17-7-8-19(26-9-11-30-12-10-26)18(13-17)20(27)24-14-15-3-5-16(6-4-15)31-21(22)23/h3-8,13,21H,9-12,14H2,1-2H3,(H,24,27). The molecule has 0 aromatic heterocycles. The van der Waals surface area contributed by atoms with E-state index in [1.807, 2.05) is 4.90 Å². The smallest absolute Gasteiger partial charge is 0.387 e. The Morgan fingerprint density at radius 3 is 2.41 bits per heavy atom. The fraction of sp³-hybridized carbons (Fsp3) is 0.381. The van der Waals surface area contributed by atoms with E-state index in [0.29, 0.717) is 37.6 Å². The number of rotatable bonds is 8. The fourth-order valence-corrected chi connectivity index (χ4v) is 4.14. The molecule has 1 heterocycles. The van der Waals surface area contributed by atoms with E-state index in [4.69, 9.17) is 4.74 Å². The molecule has 0 radical (unpaired) electrons. The lowest BCUT2D eigenvalue weighted by Gasteiger charge is -2.30. The third-order valence-electron chi connectivity index (χ3n) is 4.94. The maximum Gasteiger partial charge on any atom is 0.387 e. The molecule has 1 fully saturated rings. The van der Waals surface area contributed by atoms with Crippen molar-refractivity contribution in [2.24, 2.45) is 0 Å². The van der Waals surface area contributed by atoms with E-state index in [-0.39, 0.29) is 22.8 Å². The summed E-state index contributed by atoms with van der Waals surface area (Å²) in [5.41, 5.74) is 1.52. The molecule has 0 spiro atoms. The van der Waals surface area contributed by atoms with Crippen molar-refractivity contribution in [2.45, 2.75) is 18.1 Å². The van der Waals surface area contributed by atoms with Crippen LogP contribution in [0.2, 0.25) is 0 Å². The van der Waals surface area contributed by atoms with Gasteiger partial charge in [0.1, 0.15) is 5.75 Å². The molecule has 0 saturated carbocycles. The van der Waals surface area contributed by atoms with Crippen molar-refractivity contribution in [1.82, 2.24) is 9.62 Å². The van der Waals surface area contributed by atoms with E-state index in [1.165, 1.54) is 38.4 Å². The molecule has 1 N–H and O–H groups in total. The molecular weight excluding hydrogens is 444 g/mol. The molecule has 3 rings (SSSR count). The summed E-state index contributed by atoms with van der Waals surface area (Å²) in [5.74, 6) is -0.429. The van der Waals surface area contributed by atoms with Crippen LogP contribution in [0, 0.1) is 0 Å². The molecule has 2 aromatic carbocycles. The summed E-state index contributed by atoms with van der Waals surface area (Å²) in [6, 6.07) is 10.4.